The van der Waals surface area contributed by atoms with Crippen LogP contribution in [0.3, 0.4) is 0 Å². The Hall–Kier alpha value is -0.370. The van der Waals surface area contributed by atoms with E-state index in [9.17, 15) is 0 Å². The lowest BCUT2D eigenvalue weighted by atomic mass is 10.3. The van der Waals surface area contributed by atoms with Crippen molar-refractivity contribution < 1.29 is 0 Å². The third-order valence-corrected chi connectivity index (χ3v) is 2.67. The Bertz CT molecular complexity index is 196. The topological polar surface area (TPSA) is 12.9 Å². The van der Waals surface area contributed by atoms with Crippen LogP contribution in [0.2, 0.25) is 0 Å². The number of aryl methyl sites for hydroxylation is 3. The maximum absolute atomic E-state index is 4.42. The minimum absolute atomic E-state index is 1.14. The lowest BCUT2D eigenvalue weighted by Gasteiger charge is -1.85. The molecule has 0 N–H and O–H groups in total. The van der Waals surface area contributed by atoms with Gasteiger partial charge in [-0.15, -0.1) is 11.3 Å². The molecule has 1 aromatic heterocycles. The number of hydrogen-bond acceptors (Lipinski definition) is 2. The summed E-state index contributed by atoms with van der Waals surface area (Å²) < 4.78 is 0. The Labute approximate surface area is 66.1 Å². The maximum atomic E-state index is 4.42. The van der Waals surface area contributed by atoms with E-state index in [0.717, 1.165) is 6.42 Å². The molecule has 1 heterocycles. The molecule has 0 aliphatic heterocycles. The third kappa shape index (κ3) is 1.57. The van der Waals surface area contributed by atoms with Gasteiger partial charge >= 0.3 is 0 Å². The summed E-state index contributed by atoms with van der Waals surface area (Å²) in [6, 6.07) is 0. The molecule has 1 rings (SSSR count). The molecule has 1 aromatic rings. The van der Waals surface area contributed by atoms with E-state index >= 15 is 0 Å². The quantitative estimate of drug-likeness (QED) is 0.640. The third-order valence-electron chi connectivity index (χ3n) is 1.54. The van der Waals surface area contributed by atoms with Gasteiger partial charge in [-0.25, -0.2) is 4.98 Å². The molecule has 0 atom stereocenters. The lowest BCUT2D eigenvalue weighted by Crippen LogP contribution is -1.80. The molecule has 0 aliphatic carbocycles. The van der Waals surface area contributed by atoms with Crippen molar-refractivity contribution in [2.75, 3.05) is 0 Å². The zero-order valence-corrected chi connectivity index (χ0v) is 7.59. The number of rotatable bonds is 2. The van der Waals surface area contributed by atoms with Crippen LogP contribution in [0.25, 0.3) is 0 Å². The number of thiazole rings is 1. The van der Waals surface area contributed by atoms with E-state index in [2.05, 4.69) is 25.8 Å². The highest BCUT2D eigenvalue weighted by Gasteiger charge is 2.00. The maximum Gasteiger partial charge on any atom is 0.0930 e. The Kier molecular flexibility index (Phi) is 2.44. The second kappa shape index (κ2) is 3.15. The molecular weight excluding hydrogens is 142 g/mol. The van der Waals surface area contributed by atoms with Crippen LogP contribution < -0.4 is 0 Å². The molecule has 0 saturated carbocycles. The monoisotopic (exact) mass is 155 g/mol. The second-order valence-corrected chi connectivity index (χ2v) is 3.79. The van der Waals surface area contributed by atoms with E-state index in [1.54, 1.807) is 0 Å². The van der Waals surface area contributed by atoms with Crippen molar-refractivity contribution >= 4 is 11.3 Å². The zero-order chi connectivity index (χ0) is 7.56. The fourth-order valence-corrected chi connectivity index (χ4v) is 1.90. The van der Waals surface area contributed by atoms with E-state index in [0.29, 0.717) is 0 Å². The summed E-state index contributed by atoms with van der Waals surface area (Å²) in [7, 11) is 0. The molecule has 0 bridgehead atoms. The Morgan fingerprint density at radius 3 is 2.50 bits per heavy atom. The molecule has 0 saturated heterocycles. The minimum atomic E-state index is 1.14. The number of hydrogen-bond donors (Lipinski definition) is 0. The minimum Gasteiger partial charge on any atom is -0.246 e. The molecule has 0 aliphatic rings. The highest BCUT2D eigenvalue weighted by Crippen LogP contribution is 2.17. The van der Waals surface area contributed by atoms with Crippen LogP contribution in [0.5, 0.6) is 0 Å². The molecule has 0 amide bonds. The number of nitrogens with zero attached hydrogens (tertiary/aromatic N) is 1. The van der Waals surface area contributed by atoms with Crippen molar-refractivity contribution in [3.05, 3.63) is 15.6 Å². The summed E-state index contributed by atoms with van der Waals surface area (Å²) >= 11 is 1.83. The molecule has 0 spiro atoms. The van der Waals surface area contributed by atoms with Crippen molar-refractivity contribution in [1.82, 2.24) is 4.98 Å². The molecule has 1 nitrogen and oxygen atoms in total. The van der Waals surface area contributed by atoms with Gasteiger partial charge in [-0.2, -0.15) is 0 Å². The first-order chi connectivity index (χ1) is 4.74. The van der Waals surface area contributed by atoms with Crippen LogP contribution in [0, 0.1) is 13.8 Å². The van der Waals surface area contributed by atoms with Crippen LogP contribution in [0.4, 0.5) is 0 Å². The van der Waals surface area contributed by atoms with Crippen LogP contribution in [-0.4, -0.2) is 4.98 Å². The van der Waals surface area contributed by atoms with Gasteiger partial charge in [0.15, 0.2) is 0 Å². The van der Waals surface area contributed by atoms with Gasteiger partial charge in [-0.3, -0.25) is 0 Å². The standard InChI is InChI=1S/C8H13NS/c1-4-5-8-9-6(2)7(3)10-8/h4-5H2,1-3H3. The summed E-state index contributed by atoms with van der Waals surface area (Å²) in [4.78, 5) is 5.78. The van der Waals surface area contributed by atoms with Gasteiger partial charge in [0.1, 0.15) is 0 Å². The van der Waals surface area contributed by atoms with Crippen molar-refractivity contribution in [2.24, 2.45) is 0 Å². The predicted octanol–water partition coefficient (Wildman–Crippen LogP) is 2.71. The molecule has 0 fully saturated rings. The van der Waals surface area contributed by atoms with Gasteiger partial charge in [0.05, 0.1) is 10.7 Å². The fourth-order valence-electron chi connectivity index (χ4n) is 0.860. The first-order valence-electron chi connectivity index (χ1n) is 3.67. The van der Waals surface area contributed by atoms with Gasteiger partial charge in [-0.05, 0) is 26.7 Å². The molecule has 0 unspecified atom stereocenters. The van der Waals surface area contributed by atoms with Crippen LogP contribution >= 0.6 is 11.3 Å². The van der Waals surface area contributed by atoms with Crippen LogP contribution in [-0.2, 0) is 6.42 Å². The largest absolute Gasteiger partial charge is 0.246 e. The van der Waals surface area contributed by atoms with E-state index < -0.39 is 0 Å². The van der Waals surface area contributed by atoms with Crippen LogP contribution in [0.1, 0.15) is 28.9 Å². The second-order valence-electron chi connectivity index (χ2n) is 2.50. The highest BCUT2D eigenvalue weighted by atomic mass is 32.1. The SMILES string of the molecule is CCCc1nc(C)c(C)s1. The van der Waals surface area contributed by atoms with Crippen LogP contribution in [0.15, 0.2) is 0 Å². The molecule has 10 heavy (non-hydrogen) atoms. The first kappa shape index (κ1) is 7.73. The molecular formula is C8H13NS. The Morgan fingerprint density at radius 2 is 2.10 bits per heavy atom. The Balaban J connectivity index is 2.77. The van der Waals surface area contributed by atoms with Gasteiger partial charge in [-0.1, -0.05) is 6.92 Å². The summed E-state index contributed by atoms with van der Waals surface area (Å²) in [6.07, 6.45) is 2.34. The van der Waals surface area contributed by atoms with Gasteiger partial charge in [0.25, 0.3) is 0 Å². The predicted molar refractivity (Wildman–Crippen MR) is 45.6 cm³/mol. The molecule has 0 radical (unpaired) electrons. The van der Waals surface area contributed by atoms with Crippen molar-refractivity contribution in [3.8, 4) is 0 Å². The average Bonchev–Trinajstić information content (AvgIpc) is 2.14. The van der Waals surface area contributed by atoms with E-state index in [1.165, 1.54) is 22.0 Å². The van der Waals surface area contributed by atoms with Gasteiger partial charge < -0.3 is 0 Å². The van der Waals surface area contributed by atoms with Crippen molar-refractivity contribution in [1.29, 1.82) is 0 Å². The molecule has 56 valence electrons. The molecule has 2 heteroatoms. The summed E-state index contributed by atoms with van der Waals surface area (Å²) in [5, 5.41) is 1.29. The zero-order valence-electron chi connectivity index (χ0n) is 6.77. The summed E-state index contributed by atoms with van der Waals surface area (Å²) in [5.74, 6) is 0. The fraction of sp³-hybridized carbons (Fsp3) is 0.625. The van der Waals surface area contributed by atoms with Gasteiger partial charge in [0.2, 0.25) is 0 Å². The summed E-state index contributed by atoms with van der Waals surface area (Å²) in [6.45, 7) is 6.39. The van der Waals surface area contributed by atoms with E-state index in [4.69, 9.17) is 0 Å². The average molecular weight is 155 g/mol. The lowest BCUT2D eigenvalue weighted by molar-refractivity contribution is 0.903. The summed E-state index contributed by atoms with van der Waals surface area (Å²) in [5.41, 5.74) is 1.20. The van der Waals surface area contributed by atoms with E-state index in [1.807, 2.05) is 11.3 Å². The van der Waals surface area contributed by atoms with Crippen molar-refractivity contribution in [3.63, 3.8) is 0 Å². The number of aromatic nitrogens is 1. The van der Waals surface area contributed by atoms with Crippen molar-refractivity contribution in [2.45, 2.75) is 33.6 Å². The van der Waals surface area contributed by atoms with E-state index in [-0.39, 0.29) is 0 Å². The first-order valence-corrected chi connectivity index (χ1v) is 4.48. The smallest absolute Gasteiger partial charge is 0.0930 e. The normalized spacial score (nSPS) is 10.3. The Morgan fingerprint density at radius 1 is 1.40 bits per heavy atom. The van der Waals surface area contributed by atoms with Gasteiger partial charge in [0, 0.05) is 4.88 Å². The highest BCUT2D eigenvalue weighted by molar-refractivity contribution is 7.11. The molecule has 0 aromatic carbocycles.